The van der Waals surface area contributed by atoms with Crippen molar-refractivity contribution in [2.45, 2.75) is 19.8 Å². The van der Waals surface area contributed by atoms with Crippen LogP contribution >= 0.6 is 0 Å². The molecule has 1 aromatic heterocycles. The summed E-state index contributed by atoms with van der Waals surface area (Å²) in [5.41, 5.74) is 2.31. The van der Waals surface area contributed by atoms with Crippen molar-refractivity contribution in [1.29, 1.82) is 0 Å². The summed E-state index contributed by atoms with van der Waals surface area (Å²) in [6.07, 6.45) is 1.67. The van der Waals surface area contributed by atoms with E-state index in [2.05, 4.69) is 23.2 Å². The van der Waals surface area contributed by atoms with E-state index in [9.17, 15) is 4.79 Å². The normalized spacial score (nSPS) is 12.6. The zero-order valence-corrected chi connectivity index (χ0v) is 10.2. The van der Waals surface area contributed by atoms with Crippen LogP contribution in [0, 0.1) is 5.92 Å². The molecule has 0 aliphatic carbocycles. The lowest BCUT2D eigenvalue weighted by atomic mass is 10.0. The molecule has 2 rings (SSSR count). The maximum absolute atomic E-state index is 11.3. The zero-order valence-electron chi connectivity index (χ0n) is 10.2. The number of aromatic nitrogens is 1. The number of hydrogen-bond acceptors (Lipinski definition) is 2. The summed E-state index contributed by atoms with van der Waals surface area (Å²) >= 11 is 0. The van der Waals surface area contributed by atoms with Crippen LogP contribution in [-0.2, 0) is 16.0 Å². The Morgan fingerprint density at radius 1 is 1.41 bits per heavy atom. The molecule has 1 atom stereocenters. The number of nitrogens with one attached hydrogen (secondary N) is 1. The third-order valence-electron chi connectivity index (χ3n) is 3.04. The van der Waals surface area contributed by atoms with Gasteiger partial charge < -0.3 is 9.72 Å². The molecule has 90 valence electrons. The molecule has 0 aliphatic rings. The summed E-state index contributed by atoms with van der Waals surface area (Å²) in [6, 6.07) is 10.3. The van der Waals surface area contributed by atoms with Gasteiger partial charge >= 0.3 is 5.97 Å². The molecule has 0 spiro atoms. The van der Waals surface area contributed by atoms with E-state index in [-0.39, 0.29) is 11.9 Å². The van der Waals surface area contributed by atoms with Crippen molar-refractivity contribution in [3.63, 3.8) is 0 Å². The first-order chi connectivity index (χ1) is 8.20. The lowest BCUT2D eigenvalue weighted by Gasteiger charge is -2.07. The molecule has 0 radical (unpaired) electrons. The molecule has 3 heteroatoms. The first-order valence-corrected chi connectivity index (χ1v) is 5.85. The Morgan fingerprint density at radius 3 is 2.88 bits per heavy atom. The molecule has 0 fully saturated rings. The number of ether oxygens (including phenoxy) is 1. The number of aryl methyl sites for hydroxylation is 1. The lowest BCUT2D eigenvalue weighted by molar-refractivity contribution is -0.145. The molecule has 0 unspecified atom stereocenters. The smallest absolute Gasteiger partial charge is 0.308 e. The molecule has 0 amide bonds. The summed E-state index contributed by atoms with van der Waals surface area (Å²) in [6.45, 7) is 1.90. The van der Waals surface area contributed by atoms with Crippen LogP contribution in [0.15, 0.2) is 30.3 Å². The summed E-state index contributed by atoms with van der Waals surface area (Å²) < 4.78 is 4.71. The van der Waals surface area contributed by atoms with Gasteiger partial charge in [0, 0.05) is 11.2 Å². The average Bonchev–Trinajstić information content (AvgIpc) is 2.77. The molecule has 1 heterocycles. The largest absolute Gasteiger partial charge is 0.469 e. The SMILES string of the molecule is COC(=O)[C@@H](C)CCc1cc2ccccc2[nH]1. The molecule has 0 saturated heterocycles. The van der Waals surface area contributed by atoms with Crippen molar-refractivity contribution in [2.24, 2.45) is 5.92 Å². The minimum Gasteiger partial charge on any atom is -0.469 e. The third-order valence-corrected chi connectivity index (χ3v) is 3.04. The van der Waals surface area contributed by atoms with Gasteiger partial charge in [-0.2, -0.15) is 0 Å². The minimum atomic E-state index is -0.138. The molecule has 0 saturated carbocycles. The van der Waals surface area contributed by atoms with Gasteiger partial charge in [0.2, 0.25) is 0 Å². The van der Waals surface area contributed by atoms with Crippen LogP contribution < -0.4 is 0 Å². The number of para-hydroxylation sites is 1. The predicted octanol–water partition coefficient (Wildman–Crippen LogP) is 2.91. The molecular formula is C14H17NO2. The Balaban J connectivity index is 2.01. The number of benzene rings is 1. The van der Waals surface area contributed by atoms with E-state index >= 15 is 0 Å². The van der Waals surface area contributed by atoms with Crippen molar-refractivity contribution < 1.29 is 9.53 Å². The van der Waals surface area contributed by atoms with Gasteiger partial charge in [0.05, 0.1) is 13.0 Å². The number of fused-ring (bicyclic) bond motifs is 1. The van der Waals surface area contributed by atoms with Gasteiger partial charge in [0.1, 0.15) is 0 Å². The highest BCUT2D eigenvalue weighted by Crippen LogP contribution is 2.17. The quantitative estimate of drug-likeness (QED) is 0.822. The second kappa shape index (κ2) is 5.04. The first-order valence-electron chi connectivity index (χ1n) is 5.85. The number of carbonyl (C=O) groups is 1. The van der Waals surface area contributed by atoms with Gasteiger partial charge in [0.25, 0.3) is 0 Å². The summed E-state index contributed by atoms with van der Waals surface area (Å²) in [4.78, 5) is 14.6. The van der Waals surface area contributed by atoms with Crippen molar-refractivity contribution in [1.82, 2.24) is 4.98 Å². The molecule has 0 aliphatic heterocycles. The van der Waals surface area contributed by atoms with Crippen LogP contribution in [0.4, 0.5) is 0 Å². The second-order valence-electron chi connectivity index (χ2n) is 4.34. The number of methoxy groups -OCH3 is 1. The van der Waals surface area contributed by atoms with Crippen molar-refractivity contribution in [2.75, 3.05) is 7.11 Å². The molecule has 1 N–H and O–H groups in total. The van der Waals surface area contributed by atoms with Crippen molar-refractivity contribution >= 4 is 16.9 Å². The maximum Gasteiger partial charge on any atom is 0.308 e. The van der Waals surface area contributed by atoms with Crippen LogP contribution in [-0.4, -0.2) is 18.1 Å². The minimum absolute atomic E-state index is 0.0496. The zero-order chi connectivity index (χ0) is 12.3. The van der Waals surface area contributed by atoms with E-state index in [1.165, 1.54) is 18.2 Å². The maximum atomic E-state index is 11.3. The molecule has 17 heavy (non-hydrogen) atoms. The Bertz CT molecular complexity index is 483. The summed E-state index contributed by atoms with van der Waals surface area (Å²) in [5, 5.41) is 1.22. The molecule has 2 aromatic rings. The van der Waals surface area contributed by atoms with Gasteiger partial charge in [0.15, 0.2) is 0 Å². The van der Waals surface area contributed by atoms with Gasteiger partial charge in [-0.25, -0.2) is 0 Å². The van der Waals surface area contributed by atoms with E-state index in [4.69, 9.17) is 4.74 Å². The van der Waals surface area contributed by atoms with E-state index in [0.29, 0.717) is 0 Å². The van der Waals surface area contributed by atoms with Crippen LogP contribution in [0.3, 0.4) is 0 Å². The third kappa shape index (κ3) is 2.67. The standard InChI is InChI=1S/C14H17NO2/c1-10(14(16)17-2)7-8-12-9-11-5-3-4-6-13(11)15-12/h3-6,9-10,15H,7-8H2,1-2H3/t10-/m0/s1. The van der Waals surface area contributed by atoms with E-state index in [0.717, 1.165) is 18.4 Å². The van der Waals surface area contributed by atoms with E-state index in [1.54, 1.807) is 0 Å². The monoisotopic (exact) mass is 231 g/mol. The van der Waals surface area contributed by atoms with Gasteiger partial charge in [-0.15, -0.1) is 0 Å². The second-order valence-corrected chi connectivity index (χ2v) is 4.34. The van der Waals surface area contributed by atoms with Crippen molar-refractivity contribution in [3.05, 3.63) is 36.0 Å². The summed E-state index contributed by atoms with van der Waals surface area (Å²) in [7, 11) is 1.43. The number of esters is 1. The fourth-order valence-electron chi connectivity index (χ4n) is 1.96. The Labute approximate surface area is 101 Å². The van der Waals surface area contributed by atoms with Crippen LogP contribution in [0.2, 0.25) is 0 Å². The molecule has 0 bridgehead atoms. The highest BCUT2D eigenvalue weighted by Gasteiger charge is 2.13. The summed E-state index contributed by atoms with van der Waals surface area (Å²) in [5.74, 6) is -0.187. The van der Waals surface area contributed by atoms with Gasteiger partial charge in [-0.05, 0) is 30.4 Å². The fraction of sp³-hybridized carbons (Fsp3) is 0.357. The van der Waals surface area contributed by atoms with Crippen LogP contribution in [0.25, 0.3) is 10.9 Å². The molecule has 1 aromatic carbocycles. The Hall–Kier alpha value is -1.77. The van der Waals surface area contributed by atoms with Gasteiger partial charge in [-0.1, -0.05) is 25.1 Å². The Morgan fingerprint density at radius 2 is 2.18 bits per heavy atom. The molecular weight excluding hydrogens is 214 g/mol. The molecule has 3 nitrogen and oxygen atoms in total. The topological polar surface area (TPSA) is 42.1 Å². The number of hydrogen-bond donors (Lipinski definition) is 1. The van der Waals surface area contributed by atoms with E-state index in [1.807, 2.05) is 19.1 Å². The van der Waals surface area contributed by atoms with Crippen LogP contribution in [0.5, 0.6) is 0 Å². The first kappa shape index (κ1) is 11.7. The highest BCUT2D eigenvalue weighted by molar-refractivity contribution is 5.80. The van der Waals surface area contributed by atoms with Crippen LogP contribution in [0.1, 0.15) is 19.0 Å². The fourth-order valence-corrected chi connectivity index (χ4v) is 1.96. The van der Waals surface area contributed by atoms with E-state index < -0.39 is 0 Å². The van der Waals surface area contributed by atoms with Gasteiger partial charge in [-0.3, -0.25) is 4.79 Å². The number of carbonyl (C=O) groups excluding carboxylic acids is 1. The van der Waals surface area contributed by atoms with Crippen molar-refractivity contribution in [3.8, 4) is 0 Å². The number of aromatic amines is 1. The average molecular weight is 231 g/mol. The number of H-pyrrole nitrogens is 1. The Kier molecular flexibility index (Phi) is 3.47. The lowest BCUT2D eigenvalue weighted by Crippen LogP contribution is -2.13. The highest BCUT2D eigenvalue weighted by atomic mass is 16.5. The predicted molar refractivity (Wildman–Crippen MR) is 67.8 cm³/mol. The number of rotatable bonds is 4.